The van der Waals surface area contributed by atoms with E-state index in [4.69, 9.17) is 4.42 Å². The molecule has 252 valence electrons. The minimum absolute atomic E-state index is 0.909. The first-order valence-corrected chi connectivity index (χ1v) is 18.5. The predicted molar refractivity (Wildman–Crippen MR) is 229 cm³/mol. The molecule has 1 aromatic heterocycles. The molecule has 11 aromatic rings. The molecule has 0 fully saturated rings. The zero-order chi connectivity index (χ0) is 35.6. The molecular formula is C52H33NO. The van der Waals surface area contributed by atoms with E-state index >= 15 is 0 Å². The van der Waals surface area contributed by atoms with Crippen LogP contribution in [-0.4, -0.2) is 0 Å². The number of hydrogen-bond donors (Lipinski definition) is 0. The molecule has 0 saturated heterocycles. The van der Waals surface area contributed by atoms with Crippen LogP contribution in [-0.2, 0) is 0 Å². The van der Waals surface area contributed by atoms with Gasteiger partial charge < -0.3 is 9.32 Å². The van der Waals surface area contributed by atoms with Crippen molar-refractivity contribution in [1.29, 1.82) is 0 Å². The molecule has 0 amide bonds. The van der Waals surface area contributed by atoms with Crippen LogP contribution in [0.4, 0.5) is 17.1 Å². The fourth-order valence-corrected chi connectivity index (χ4v) is 8.42. The third-order valence-electron chi connectivity index (χ3n) is 11.1. The number of fused-ring (bicyclic) bond motifs is 9. The normalized spacial score (nSPS) is 11.7. The highest BCUT2D eigenvalue weighted by Gasteiger charge is 2.17. The number of nitrogens with zero attached hydrogens (tertiary/aromatic N) is 1. The minimum atomic E-state index is 0.909. The molecule has 0 bridgehead atoms. The van der Waals surface area contributed by atoms with E-state index in [1.54, 1.807) is 0 Å². The SMILES string of the molecule is c1ccc2c(c1)ccc1ccc(N(c3ccc(-c4cccc5c4ccc4ccccc45)cc3)c3ccc(-c4cccc5c4oc4ccccc45)cc3)cc12. The summed E-state index contributed by atoms with van der Waals surface area (Å²) in [5, 5.41) is 12.3. The van der Waals surface area contributed by atoms with Gasteiger partial charge in [-0.1, -0.05) is 158 Å². The Bertz CT molecular complexity index is 3210. The van der Waals surface area contributed by atoms with Gasteiger partial charge in [-0.3, -0.25) is 0 Å². The van der Waals surface area contributed by atoms with Gasteiger partial charge in [0.05, 0.1) is 0 Å². The van der Waals surface area contributed by atoms with Crippen LogP contribution in [0.5, 0.6) is 0 Å². The summed E-state index contributed by atoms with van der Waals surface area (Å²) in [5.74, 6) is 0. The fourth-order valence-electron chi connectivity index (χ4n) is 8.42. The molecule has 0 N–H and O–H groups in total. The lowest BCUT2D eigenvalue weighted by Crippen LogP contribution is -2.10. The molecular weight excluding hydrogens is 655 g/mol. The first-order chi connectivity index (χ1) is 26.8. The number of para-hydroxylation sites is 2. The molecule has 0 spiro atoms. The van der Waals surface area contributed by atoms with E-state index in [2.05, 4.69) is 193 Å². The first-order valence-electron chi connectivity index (χ1n) is 18.5. The number of benzene rings is 10. The van der Waals surface area contributed by atoms with Crippen LogP contribution in [0.25, 0.3) is 87.3 Å². The monoisotopic (exact) mass is 687 g/mol. The van der Waals surface area contributed by atoms with E-state index in [0.29, 0.717) is 0 Å². The van der Waals surface area contributed by atoms with Gasteiger partial charge in [-0.25, -0.2) is 0 Å². The van der Waals surface area contributed by atoms with Crippen molar-refractivity contribution >= 4 is 82.1 Å². The Balaban J connectivity index is 1.05. The van der Waals surface area contributed by atoms with Crippen molar-refractivity contribution in [3.63, 3.8) is 0 Å². The van der Waals surface area contributed by atoms with Crippen LogP contribution < -0.4 is 4.90 Å². The second-order valence-corrected chi connectivity index (χ2v) is 14.1. The molecule has 0 aliphatic rings. The molecule has 0 unspecified atom stereocenters. The maximum atomic E-state index is 6.42. The van der Waals surface area contributed by atoms with Gasteiger partial charge in [-0.15, -0.1) is 0 Å². The lowest BCUT2D eigenvalue weighted by Gasteiger charge is -2.26. The van der Waals surface area contributed by atoms with Gasteiger partial charge in [0.15, 0.2) is 0 Å². The van der Waals surface area contributed by atoms with Crippen molar-refractivity contribution in [3.8, 4) is 22.3 Å². The van der Waals surface area contributed by atoms with Crippen molar-refractivity contribution in [2.45, 2.75) is 0 Å². The highest BCUT2D eigenvalue weighted by atomic mass is 16.3. The molecule has 1 heterocycles. The summed E-state index contributed by atoms with van der Waals surface area (Å²) in [7, 11) is 0. The Morgan fingerprint density at radius 3 is 1.52 bits per heavy atom. The van der Waals surface area contributed by atoms with Gasteiger partial charge in [-0.2, -0.15) is 0 Å². The van der Waals surface area contributed by atoms with E-state index in [1.807, 2.05) is 12.1 Å². The van der Waals surface area contributed by atoms with Crippen LogP contribution in [0, 0.1) is 0 Å². The highest BCUT2D eigenvalue weighted by molar-refractivity contribution is 6.13. The van der Waals surface area contributed by atoms with Crippen LogP contribution in [0.15, 0.2) is 205 Å². The van der Waals surface area contributed by atoms with Crippen molar-refractivity contribution in [2.75, 3.05) is 4.90 Å². The predicted octanol–water partition coefficient (Wildman–Crippen LogP) is 15.0. The van der Waals surface area contributed by atoms with Crippen molar-refractivity contribution in [2.24, 2.45) is 0 Å². The number of hydrogen-bond acceptors (Lipinski definition) is 2. The van der Waals surface area contributed by atoms with Crippen LogP contribution >= 0.6 is 0 Å². The minimum Gasteiger partial charge on any atom is -0.455 e. The summed E-state index contributed by atoms with van der Waals surface area (Å²) < 4.78 is 6.42. The molecule has 0 radical (unpaired) electrons. The molecule has 2 nitrogen and oxygen atoms in total. The molecule has 0 aliphatic heterocycles. The second-order valence-electron chi connectivity index (χ2n) is 14.1. The summed E-state index contributed by atoms with van der Waals surface area (Å²) in [5.41, 5.74) is 9.74. The Hall–Kier alpha value is -7.16. The van der Waals surface area contributed by atoms with E-state index < -0.39 is 0 Å². The third kappa shape index (κ3) is 4.88. The maximum Gasteiger partial charge on any atom is 0.143 e. The maximum absolute atomic E-state index is 6.42. The van der Waals surface area contributed by atoms with Gasteiger partial charge in [-0.05, 0) is 102 Å². The van der Waals surface area contributed by atoms with Gasteiger partial charge in [0.25, 0.3) is 0 Å². The van der Waals surface area contributed by atoms with E-state index in [-0.39, 0.29) is 0 Å². The average molecular weight is 688 g/mol. The lowest BCUT2D eigenvalue weighted by molar-refractivity contribution is 0.670. The van der Waals surface area contributed by atoms with Gasteiger partial charge in [0, 0.05) is 33.4 Å². The largest absolute Gasteiger partial charge is 0.455 e. The Labute approximate surface area is 312 Å². The van der Waals surface area contributed by atoms with E-state index in [1.165, 1.54) is 54.2 Å². The van der Waals surface area contributed by atoms with Gasteiger partial charge in [0.1, 0.15) is 11.2 Å². The zero-order valence-electron chi connectivity index (χ0n) is 29.4. The van der Waals surface area contributed by atoms with Gasteiger partial charge in [0.2, 0.25) is 0 Å². The zero-order valence-corrected chi connectivity index (χ0v) is 29.4. The van der Waals surface area contributed by atoms with E-state index in [9.17, 15) is 0 Å². The second kappa shape index (κ2) is 12.2. The number of rotatable bonds is 5. The molecule has 2 heteroatoms. The molecule has 11 rings (SSSR count). The standard InChI is InChI=1S/C52H33NO/c1-3-11-42-35(10-1)26-32-47-43(14-7-16-46(42)47)36-21-27-39(28-22-36)53(41-31-25-38-20-19-34-9-2-4-12-44(34)50(38)33-41)40-29-23-37(24-30-40)45-15-8-17-49-48-13-5-6-18-51(48)54-52(45)49/h1-33H. The molecule has 0 atom stereocenters. The Kier molecular flexibility index (Phi) is 6.90. The summed E-state index contributed by atoms with van der Waals surface area (Å²) in [4.78, 5) is 2.37. The third-order valence-corrected chi connectivity index (χ3v) is 11.1. The van der Waals surface area contributed by atoms with E-state index in [0.717, 1.165) is 50.1 Å². The number of furan rings is 1. The van der Waals surface area contributed by atoms with Gasteiger partial charge >= 0.3 is 0 Å². The number of anilines is 3. The van der Waals surface area contributed by atoms with Crippen molar-refractivity contribution < 1.29 is 4.42 Å². The van der Waals surface area contributed by atoms with Crippen molar-refractivity contribution in [1.82, 2.24) is 0 Å². The first kappa shape index (κ1) is 30.5. The smallest absolute Gasteiger partial charge is 0.143 e. The molecule has 0 saturated carbocycles. The fraction of sp³-hybridized carbons (Fsp3) is 0. The molecule has 0 aliphatic carbocycles. The highest BCUT2D eigenvalue weighted by Crippen LogP contribution is 2.42. The molecule has 54 heavy (non-hydrogen) atoms. The summed E-state index contributed by atoms with van der Waals surface area (Å²) in [6.45, 7) is 0. The Morgan fingerprint density at radius 1 is 0.296 bits per heavy atom. The van der Waals surface area contributed by atoms with Crippen molar-refractivity contribution in [3.05, 3.63) is 200 Å². The molecule has 10 aromatic carbocycles. The summed E-state index contributed by atoms with van der Waals surface area (Å²) in [6.07, 6.45) is 0. The van der Waals surface area contributed by atoms with Crippen LogP contribution in [0.3, 0.4) is 0 Å². The topological polar surface area (TPSA) is 16.4 Å². The van der Waals surface area contributed by atoms with Crippen LogP contribution in [0.2, 0.25) is 0 Å². The lowest BCUT2D eigenvalue weighted by atomic mass is 9.94. The van der Waals surface area contributed by atoms with Crippen LogP contribution in [0.1, 0.15) is 0 Å². The summed E-state index contributed by atoms with van der Waals surface area (Å²) in [6, 6.07) is 72.3. The summed E-state index contributed by atoms with van der Waals surface area (Å²) >= 11 is 0. The Morgan fingerprint density at radius 2 is 0.796 bits per heavy atom. The quantitative estimate of drug-likeness (QED) is 0.168. The average Bonchev–Trinajstić information content (AvgIpc) is 3.63.